The second kappa shape index (κ2) is 6.91. The fourth-order valence-electron chi connectivity index (χ4n) is 4.39. The molecule has 3 aliphatic rings. The zero-order valence-electron chi connectivity index (χ0n) is 16.2. The van der Waals surface area contributed by atoms with Crippen LogP contribution < -0.4 is 10.6 Å². The van der Waals surface area contributed by atoms with Crippen LogP contribution in [0.15, 0.2) is 24.5 Å². The molecule has 0 spiro atoms. The molecular weight excluding hydrogens is 336 g/mol. The van der Waals surface area contributed by atoms with Crippen LogP contribution in [0.25, 0.3) is 11.3 Å². The molecule has 1 saturated heterocycles. The van der Waals surface area contributed by atoms with Gasteiger partial charge >= 0.3 is 0 Å². The standard InChI is InChI=1S/C21H30N6/c1-25-6-8-26(9-7-25)17-4-5-23-20(12-17)19-14-27(18-10-15(11-18)13-22)24-21(19)16-2-3-16/h4-5,12,14-16,18H,2-3,6-11,13,22H2,1H3. The SMILES string of the molecule is CN1CCN(c2ccnc(-c3cn(C4CC(CN)C4)nc3C3CC3)c2)CC1. The van der Waals surface area contributed by atoms with Gasteiger partial charge in [-0.05, 0) is 57.3 Å². The van der Waals surface area contributed by atoms with Gasteiger partial charge in [-0.15, -0.1) is 0 Å². The third-order valence-corrected chi connectivity index (χ3v) is 6.53. The topological polar surface area (TPSA) is 63.2 Å². The van der Waals surface area contributed by atoms with Gasteiger partial charge in [0, 0.05) is 55.7 Å². The molecule has 0 radical (unpaired) electrons. The molecule has 2 aromatic heterocycles. The van der Waals surface area contributed by atoms with Gasteiger partial charge in [-0.2, -0.15) is 5.10 Å². The number of aromatic nitrogens is 3. The minimum Gasteiger partial charge on any atom is -0.369 e. The van der Waals surface area contributed by atoms with E-state index < -0.39 is 0 Å². The van der Waals surface area contributed by atoms with Crippen molar-refractivity contribution in [3.63, 3.8) is 0 Å². The number of hydrogen-bond acceptors (Lipinski definition) is 5. The molecule has 3 fully saturated rings. The summed E-state index contributed by atoms with van der Waals surface area (Å²) in [5.41, 5.74) is 10.7. The lowest BCUT2D eigenvalue weighted by molar-refractivity contribution is 0.189. The van der Waals surface area contributed by atoms with E-state index in [2.05, 4.69) is 39.9 Å². The van der Waals surface area contributed by atoms with Crippen LogP contribution in [0.1, 0.15) is 43.3 Å². The summed E-state index contributed by atoms with van der Waals surface area (Å²) in [4.78, 5) is 9.59. The number of hydrogen-bond donors (Lipinski definition) is 1. The smallest absolute Gasteiger partial charge is 0.0757 e. The van der Waals surface area contributed by atoms with E-state index in [1.165, 1.54) is 29.8 Å². The predicted molar refractivity (Wildman–Crippen MR) is 108 cm³/mol. The van der Waals surface area contributed by atoms with Gasteiger partial charge in [0.05, 0.1) is 17.4 Å². The van der Waals surface area contributed by atoms with E-state index in [4.69, 9.17) is 15.8 Å². The van der Waals surface area contributed by atoms with Gasteiger partial charge < -0.3 is 15.5 Å². The Hall–Kier alpha value is -1.92. The van der Waals surface area contributed by atoms with Crippen molar-refractivity contribution in [1.29, 1.82) is 0 Å². The maximum absolute atomic E-state index is 5.81. The first-order valence-electron chi connectivity index (χ1n) is 10.4. The molecule has 2 aliphatic carbocycles. The molecule has 27 heavy (non-hydrogen) atoms. The fraction of sp³-hybridized carbons (Fsp3) is 0.619. The van der Waals surface area contributed by atoms with E-state index in [9.17, 15) is 0 Å². The zero-order valence-corrected chi connectivity index (χ0v) is 16.2. The van der Waals surface area contributed by atoms with Gasteiger partial charge in [0.15, 0.2) is 0 Å². The molecule has 0 unspecified atom stereocenters. The van der Waals surface area contributed by atoms with Crippen LogP contribution in [0.5, 0.6) is 0 Å². The number of nitrogens with zero attached hydrogens (tertiary/aromatic N) is 5. The van der Waals surface area contributed by atoms with Crippen molar-refractivity contribution in [3.05, 3.63) is 30.2 Å². The first-order chi connectivity index (χ1) is 13.2. The number of piperazine rings is 1. The lowest BCUT2D eigenvalue weighted by atomic mass is 9.80. The Morgan fingerprint density at radius 3 is 2.63 bits per heavy atom. The van der Waals surface area contributed by atoms with Crippen LogP contribution in [0, 0.1) is 5.92 Å². The maximum atomic E-state index is 5.81. The van der Waals surface area contributed by atoms with Crippen LogP contribution in [-0.2, 0) is 0 Å². The van der Waals surface area contributed by atoms with Gasteiger partial charge in [-0.1, -0.05) is 0 Å². The Morgan fingerprint density at radius 2 is 1.93 bits per heavy atom. The Bertz CT molecular complexity index is 797. The van der Waals surface area contributed by atoms with E-state index in [-0.39, 0.29) is 0 Å². The third kappa shape index (κ3) is 3.36. The molecule has 0 amide bonds. The summed E-state index contributed by atoms with van der Waals surface area (Å²) in [5, 5.41) is 5.01. The number of rotatable bonds is 5. The van der Waals surface area contributed by atoms with Crippen molar-refractivity contribution < 1.29 is 0 Å². The summed E-state index contributed by atoms with van der Waals surface area (Å²) in [5.74, 6) is 1.30. The summed E-state index contributed by atoms with van der Waals surface area (Å²) in [7, 11) is 2.20. The van der Waals surface area contributed by atoms with E-state index in [1.807, 2.05) is 6.20 Å². The number of nitrogens with two attached hydrogens (primary N) is 1. The molecule has 2 aromatic rings. The largest absolute Gasteiger partial charge is 0.369 e. The second-order valence-electron chi connectivity index (χ2n) is 8.60. The molecule has 0 aromatic carbocycles. The number of anilines is 1. The Labute approximate surface area is 161 Å². The van der Waals surface area contributed by atoms with Gasteiger partial charge in [0.1, 0.15) is 0 Å². The molecule has 144 valence electrons. The van der Waals surface area contributed by atoms with Crippen LogP contribution >= 0.6 is 0 Å². The summed E-state index contributed by atoms with van der Waals surface area (Å²) in [6, 6.07) is 4.93. The lowest BCUT2D eigenvalue weighted by Crippen LogP contribution is -2.44. The highest BCUT2D eigenvalue weighted by Crippen LogP contribution is 2.45. The second-order valence-corrected chi connectivity index (χ2v) is 8.60. The monoisotopic (exact) mass is 366 g/mol. The zero-order chi connectivity index (χ0) is 18.4. The van der Waals surface area contributed by atoms with E-state index >= 15 is 0 Å². The molecule has 3 heterocycles. The Kier molecular flexibility index (Phi) is 4.40. The maximum Gasteiger partial charge on any atom is 0.0757 e. The van der Waals surface area contributed by atoms with Crippen LogP contribution in [0.3, 0.4) is 0 Å². The third-order valence-electron chi connectivity index (χ3n) is 6.53. The van der Waals surface area contributed by atoms with Crippen LogP contribution in [-0.4, -0.2) is 59.4 Å². The Balaban J connectivity index is 1.42. The molecule has 0 bridgehead atoms. The van der Waals surface area contributed by atoms with E-state index in [1.54, 1.807) is 0 Å². The molecule has 6 heteroatoms. The Morgan fingerprint density at radius 1 is 1.15 bits per heavy atom. The van der Waals surface area contributed by atoms with Gasteiger partial charge in [0.25, 0.3) is 0 Å². The molecule has 0 atom stereocenters. The van der Waals surface area contributed by atoms with Crippen molar-refractivity contribution in [2.75, 3.05) is 44.7 Å². The highest BCUT2D eigenvalue weighted by atomic mass is 15.3. The van der Waals surface area contributed by atoms with Crippen molar-refractivity contribution in [2.45, 2.75) is 37.6 Å². The fourth-order valence-corrected chi connectivity index (χ4v) is 4.39. The van der Waals surface area contributed by atoms with Gasteiger partial charge in [-0.3, -0.25) is 9.67 Å². The van der Waals surface area contributed by atoms with Crippen LogP contribution in [0.4, 0.5) is 5.69 Å². The average molecular weight is 367 g/mol. The number of likely N-dealkylation sites (N-methyl/N-ethyl adjacent to an activating group) is 1. The average Bonchev–Trinajstić information content (AvgIpc) is 3.41. The highest BCUT2D eigenvalue weighted by Gasteiger charge is 2.34. The van der Waals surface area contributed by atoms with Crippen molar-refractivity contribution in [2.24, 2.45) is 11.7 Å². The van der Waals surface area contributed by atoms with Crippen molar-refractivity contribution in [3.8, 4) is 11.3 Å². The van der Waals surface area contributed by atoms with E-state index in [0.29, 0.717) is 17.9 Å². The number of pyridine rings is 1. The van der Waals surface area contributed by atoms with Gasteiger partial charge in [0.2, 0.25) is 0 Å². The molecule has 2 saturated carbocycles. The first kappa shape index (κ1) is 17.2. The lowest BCUT2D eigenvalue weighted by Gasteiger charge is -2.34. The first-order valence-corrected chi connectivity index (χ1v) is 10.4. The summed E-state index contributed by atoms with van der Waals surface area (Å²) >= 11 is 0. The molecular formula is C21H30N6. The molecule has 2 N–H and O–H groups in total. The quantitative estimate of drug-likeness (QED) is 0.881. The molecule has 1 aliphatic heterocycles. The van der Waals surface area contributed by atoms with Crippen molar-refractivity contribution in [1.82, 2.24) is 19.7 Å². The van der Waals surface area contributed by atoms with Crippen molar-refractivity contribution >= 4 is 5.69 Å². The molecule has 5 rings (SSSR count). The predicted octanol–water partition coefficient (Wildman–Crippen LogP) is 2.48. The van der Waals surface area contributed by atoms with Crippen LogP contribution in [0.2, 0.25) is 0 Å². The van der Waals surface area contributed by atoms with Gasteiger partial charge in [-0.25, -0.2) is 0 Å². The summed E-state index contributed by atoms with van der Waals surface area (Å²) in [6.07, 6.45) is 9.06. The summed E-state index contributed by atoms with van der Waals surface area (Å²) < 4.78 is 2.21. The molecule has 6 nitrogen and oxygen atoms in total. The minimum absolute atomic E-state index is 0.519. The summed E-state index contributed by atoms with van der Waals surface area (Å²) in [6.45, 7) is 5.20. The highest BCUT2D eigenvalue weighted by molar-refractivity contribution is 5.67. The normalized spacial score (nSPS) is 26.2. The minimum atomic E-state index is 0.519. The van der Waals surface area contributed by atoms with E-state index in [0.717, 1.165) is 51.3 Å².